The molecule has 1 heterocycles. The van der Waals surface area contributed by atoms with Crippen LogP contribution in [0.4, 0.5) is 14.5 Å². The Labute approximate surface area is 155 Å². The maximum Gasteiger partial charge on any atom is 0.387 e. The fraction of sp³-hybridized carbons (Fsp3) is 0.300. The second-order valence-corrected chi connectivity index (χ2v) is 6.33. The average Bonchev–Trinajstić information content (AvgIpc) is 2.68. The Morgan fingerprint density at radius 2 is 1.74 bits per heavy atom. The van der Waals surface area contributed by atoms with E-state index in [-0.39, 0.29) is 23.5 Å². The van der Waals surface area contributed by atoms with Crippen molar-refractivity contribution in [1.82, 2.24) is 4.90 Å². The highest BCUT2D eigenvalue weighted by molar-refractivity contribution is 5.95. The molecule has 5 nitrogen and oxygen atoms in total. The van der Waals surface area contributed by atoms with E-state index in [1.807, 2.05) is 30.3 Å². The molecule has 1 aliphatic heterocycles. The number of alkyl halides is 2. The van der Waals surface area contributed by atoms with Gasteiger partial charge in [-0.15, -0.1) is 0 Å². The number of nitrogens with one attached hydrogen (secondary N) is 1. The molecule has 0 aromatic heterocycles. The minimum Gasteiger partial charge on any atom is -0.435 e. The van der Waals surface area contributed by atoms with Gasteiger partial charge in [0.1, 0.15) is 5.75 Å². The summed E-state index contributed by atoms with van der Waals surface area (Å²) in [5.74, 6) is -0.520. The molecule has 1 N–H and O–H groups in total. The number of amides is 2. The van der Waals surface area contributed by atoms with E-state index in [4.69, 9.17) is 0 Å². The van der Waals surface area contributed by atoms with E-state index in [9.17, 15) is 18.4 Å². The number of hydrogen-bond acceptors (Lipinski definition) is 3. The summed E-state index contributed by atoms with van der Waals surface area (Å²) in [4.78, 5) is 26.6. The van der Waals surface area contributed by atoms with E-state index in [0.717, 1.165) is 5.69 Å². The number of piperidine rings is 1. The lowest BCUT2D eigenvalue weighted by Gasteiger charge is -2.31. The summed E-state index contributed by atoms with van der Waals surface area (Å²) in [6, 6.07) is 15.0. The van der Waals surface area contributed by atoms with Crippen LogP contribution in [0.1, 0.15) is 23.2 Å². The van der Waals surface area contributed by atoms with Crippen LogP contribution in [0, 0.1) is 5.92 Å². The second-order valence-electron chi connectivity index (χ2n) is 6.33. The van der Waals surface area contributed by atoms with Crippen molar-refractivity contribution >= 4 is 17.5 Å². The maximum absolute atomic E-state index is 12.6. The number of likely N-dealkylation sites (tertiary alicyclic amines) is 1. The summed E-state index contributed by atoms with van der Waals surface area (Å²) in [7, 11) is 0. The van der Waals surface area contributed by atoms with E-state index in [1.165, 1.54) is 18.2 Å². The number of hydrogen-bond donors (Lipinski definition) is 1. The topological polar surface area (TPSA) is 58.6 Å². The van der Waals surface area contributed by atoms with Gasteiger partial charge in [0.05, 0.1) is 0 Å². The normalized spacial score (nSPS) is 14.9. The van der Waals surface area contributed by atoms with Gasteiger partial charge in [0.2, 0.25) is 5.91 Å². The van der Waals surface area contributed by atoms with Crippen LogP contribution in [0.2, 0.25) is 0 Å². The number of para-hydroxylation sites is 1. The summed E-state index contributed by atoms with van der Waals surface area (Å²) in [6.07, 6.45) is 1.11. The molecule has 27 heavy (non-hydrogen) atoms. The van der Waals surface area contributed by atoms with Crippen LogP contribution in [0.3, 0.4) is 0 Å². The van der Waals surface area contributed by atoms with E-state index < -0.39 is 6.61 Å². The first-order valence-corrected chi connectivity index (χ1v) is 8.73. The highest BCUT2D eigenvalue weighted by Crippen LogP contribution is 2.23. The van der Waals surface area contributed by atoms with E-state index in [0.29, 0.717) is 31.5 Å². The van der Waals surface area contributed by atoms with Gasteiger partial charge in [0.15, 0.2) is 0 Å². The Bertz CT molecular complexity index is 791. The number of ether oxygens (including phenoxy) is 1. The van der Waals surface area contributed by atoms with Crippen molar-refractivity contribution in [1.29, 1.82) is 0 Å². The van der Waals surface area contributed by atoms with Gasteiger partial charge in [-0.25, -0.2) is 0 Å². The molecule has 1 fully saturated rings. The van der Waals surface area contributed by atoms with Crippen molar-refractivity contribution < 1.29 is 23.1 Å². The Kier molecular flexibility index (Phi) is 6.01. The summed E-state index contributed by atoms with van der Waals surface area (Å²) >= 11 is 0. The van der Waals surface area contributed by atoms with E-state index in [2.05, 4.69) is 10.1 Å². The molecule has 0 aliphatic carbocycles. The fourth-order valence-electron chi connectivity index (χ4n) is 3.10. The van der Waals surface area contributed by atoms with Crippen LogP contribution in [0.25, 0.3) is 0 Å². The zero-order valence-electron chi connectivity index (χ0n) is 14.6. The number of benzene rings is 2. The first-order chi connectivity index (χ1) is 13.0. The fourth-order valence-corrected chi connectivity index (χ4v) is 3.10. The number of carbonyl (C=O) groups is 2. The van der Waals surface area contributed by atoms with E-state index in [1.54, 1.807) is 11.0 Å². The van der Waals surface area contributed by atoms with Gasteiger partial charge in [-0.3, -0.25) is 9.59 Å². The van der Waals surface area contributed by atoms with Crippen molar-refractivity contribution in [2.24, 2.45) is 5.92 Å². The lowest BCUT2D eigenvalue weighted by atomic mass is 9.95. The highest BCUT2D eigenvalue weighted by Gasteiger charge is 2.28. The molecule has 0 radical (unpaired) electrons. The van der Waals surface area contributed by atoms with Gasteiger partial charge in [0.25, 0.3) is 5.91 Å². The Morgan fingerprint density at radius 3 is 2.41 bits per heavy atom. The van der Waals surface area contributed by atoms with Crippen molar-refractivity contribution in [2.75, 3.05) is 18.4 Å². The number of carbonyl (C=O) groups excluding carboxylic acids is 2. The molecule has 2 aromatic rings. The monoisotopic (exact) mass is 374 g/mol. The molecule has 2 amide bonds. The molecular formula is C20H20F2N2O3. The maximum atomic E-state index is 12.6. The lowest BCUT2D eigenvalue weighted by Crippen LogP contribution is -2.41. The molecule has 3 rings (SSSR count). The zero-order chi connectivity index (χ0) is 19.2. The third kappa shape index (κ3) is 5.03. The highest BCUT2D eigenvalue weighted by atomic mass is 19.3. The molecule has 1 aliphatic rings. The molecule has 0 unspecified atom stereocenters. The summed E-state index contributed by atoms with van der Waals surface area (Å²) < 4.78 is 29.0. The van der Waals surface area contributed by atoms with Crippen molar-refractivity contribution in [2.45, 2.75) is 19.5 Å². The molecule has 7 heteroatoms. The van der Waals surface area contributed by atoms with Gasteiger partial charge in [0, 0.05) is 30.3 Å². The predicted molar refractivity (Wildman–Crippen MR) is 96.8 cm³/mol. The van der Waals surface area contributed by atoms with Gasteiger partial charge in [-0.05, 0) is 43.2 Å². The SMILES string of the molecule is O=C(Nc1ccccc1)C1CCN(C(=O)c2cccc(OC(F)F)c2)CC1. The third-order valence-electron chi connectivity index (χ3n) is 4.50. The van der Waals surface area contributed by atoms with Gasteiger partial charge < -0.3 is 15.0 Å². The van der Waals surface area contributed by atoms with Gasteiger partial charge in [-0.1, -0.05) is 24.3 Å². The van der Waals surface area contributed by atoms with Crippen LogP contribution < -0.4 is 10.1 Å². The van der Waals surface area contributed by atoms with Crippen LogP contribution in [0.15, 0.2) is 54.6 Å². The Morgan fingerprint density at radius 1 is 1.04 bits per heavy atom. The Hall–Kier alpha value is -2.96. The van der Waals surface area contributed by atoms with Crippen molar-refractivity contribution in [3.8, 4) is 5.75 Å². The number of rotatable bonds is 5. The molecule has 2 aromatic carbocycles. The number of anilines is 1. The van der Waals surface area contributed by atoms with Gasteiger partial charge >= 0.3 is 6.61 Å². The molecule has 0 spiro atoms. The average molecular weight is 374 g/mol. The summed E-state index contributed by atoms with van der Waals surface area (Å²) in [6.45, 7) is -2.06. The second kappa shape index (κ2) is 8.62. The molecule has 0 saturated carbocycles. The molecule has 1 saturated heterocycles. The first-order valence-electron chi connectivity index (χ1n) is 8.73. The summed E-state index contributed by atoms with van der Waals surface area (Å²) in [5, 5.41) is 2.88. The first kappa shape index (κ1) is 18.8. The van der Waals surface area contributed by atoms with Crippen molar-refractivity contribution in [3.63, 3.8) is 0 Å². The van der Waals surface area contributed by atoms with Crippen LogP contribution in [0.5, 0.6) is 5.75 Å². The summed E-state index contributed by atoms with van der Waals surface area (Å²) in [5.41, 5.74) is 1.04. The zero-order valence-corrected chi connectivity index (χ0v) is 14.6. The van der Waals surface area contributed by atoms with Crippen LogP contribution in [-0.4, -0.2) is 36.4 Å². The van der Waals surface area contributed by atoms with Gasteiger partial charge in [-0.2, -0.15) is 8.78 Å². The smallest absolute Gasteiger partial charge is 0.387 e. The van der Waals surface area contributed by atoms with E-state index >= 15 is 0 Å². The standard InChI is InChI=1S/C20H20F2N2O3/c21-20(22)27-17-8-4-5-15(13-17)19(26)24-11-9-14(10-12-24)18(25)23-16-6-2-1-3-7-16/h1-8,13-14,20H,9-12H2,(H,23,25). The molecule has 0 bridgehead atoms. The third-order valence-corrected chi connectivity index (χ3v) is 4.50. The van der Waals surface area contributed by atoms with Crippen LogP contribution in [-0.2, 0) is 4.79 Å². The van der Waals surface area contributed by atoms with Crippen molar-refractivity contribution in [3.05, 3.63) is 60.2 Å². The Balaban J connectivity index is 1.55. The minimum atomic E-state index is -2.94. The predicted octanol–water partition coefficient (Wildman–Crippen LogP) is 3.78. The lowest BCUT2D eigenvalue weighted by molar-refractivity contribution is -0.121. The molecular weight excluding hydrogens is 354 g/mol. The quantitative estimate of drug-likeness (QED) is 0.867. The molecule has 0 atom stereocenters. The minimum absolute atomic E-state index is 0.0482. The largest absolute Gasteiger partial charge is 0.435 e. The number of halogens is 2. The molecule has 142 valence electrons. The van der Waals surface area contributed by atoms with Crippen LogP contribution >= 0.6 is 0 Å². The number of nitrogens with zero attached hydrogens (tertiary/aromatic N) is 1.